The smallest absolute Gasteiger partial charge is 0.229 e. The molecular weight excluding hydrogens is 442 g/mol. The van der Waals surface area contributed by atoms with Crippen LogP contribution in [-0.2, 0) is 30.7 Å². The number of nitrogens with one attached hydrogen (secondary N) is 1. The molecule has 1 atom stereocenters. The Balaban J connectivity index is 1.54. The molecule has 0 radical (unpaired) electrons. The number of phenolic OH excluding ortho intramolecular Hbond substituents is 1. The molecule has 0 aliphatic heterocycles. The second-order valence-corrected chi connectivity index (χ2v) is 8.61. The summed E-state index contributed by atoms with van der Waals surface area (Å²) in [6.45, 7) is -0.0320. The van der Waals surface area contributed by atoms with Crippen LogP contribution in [0.25, 0.3) is 11.3 Å². The van der Waals surface area contributed by atoms with E-state index in [4.69, 9.17) is 9.97 Å². The number of aliphatic hydroxyl groups excluding tert-OH is 2. The molecule has 5 rings (SSSR count). The van der Waals surface area contributed by atoms with Crippen molar-refractivity contribution in [1.82, 2.24) is 9.97 Å². The van der Waals surface area contributed by atoms with Gasteiger partial charge in [-0.2, -0.15) is 0 Å². The number of hydrogen-bond donors (Lipinski definition) is 4. The minimum Gasteiger partial charge on any atom is -0.508 e. The van der Waals surface area contributed by atoms with Crippen LogP contribution in [-0.4, -0.2) is 31.2 Å². The van der Waals surface area contributed by atoms with Crippen LogP contribution in [0.15, 0.2) is 72.8 Å². The summed E-state index contributed by atoms with van der Waals surface area (Å²) >= 11 is 0. The van der Waals surface area contributed by atoms with Gasteiger partial charge in [0.05, 0.1) is 24.4 Å². The van der Waals surface area contributed by atoms with Crippen LogP contribution >= 0.6 is 0 Å². The van der Waals surface area contributed by atoms with Gasteiger partial charge in [-0.05, 0) is 47.2 Å². The maximum Gasteiger partial charge on any atom is 0.229 e. The van der Waals surface area contributed by atoms with E-state index in [1.165, 1.54) is 12.1 Å². The van der Waals surface area contributed by atoms with Gasteiger partial charge in [0.2, 0.25) is 5.91 Å². The van der Waals surface area contributed by atoms with Crippen molar-refractivity contribution in [3.8, 4) is 17.0 Å². The number of aryl methyl sites for hydroxylation is 2. The number of hydrogen-bond acceptors (Lipinski definition) is 6. The lowest BCUT2D eigenvalue weighted by Crippen LogP contribution is -2.21. The molecule has 7 heteroatoms. The van der Waals surface area contributed by atoms with Crippen LogP contribution in [0.1, 0.15) is 39.7 Å². The molecule has 1 unspecified atom stereocenters. The molecular formula is C28H25N3O4. The van der Waals surface area contributed by atoms with Crippen LogP contribution < -0.4 is 5.32 Å². The van der Waals surface area contributed by atoms with Gasteiger partial charge in [-0.1, -0.05) is 60.7 Å². The number of aliphatic hydroxyl groups is 2. The molecule has 4 aromatic rings. The largest absolute Gasteiger partial charge is 0.508 e. The number of benzene rings is 3. The lowest BCUT2D eigenvalue weighted by molar-refractivity contribution is -0.115. The first kappa shape index (κ1) is 22.7. The first-order valence-electron chi connectivity index (χ1n) is 11.5. The van der Waals surface area contributed by atoms with Crippen molar-refractivity contribution in [3.05, 3.63) is 106 Å². The number of aromatic nitrogens is 2. The summed E-state index contributed by atoms with van der Waals surface area (Å²) in [6, 6.07) is 21.3. The zero-order chi connectivity index (χ0) is 24.4. The molecule has 176 valence electrons. The number of fused-ring (bicyclic) bond motifs is 3. The summed E-state index contributed by atoms with van der Waals surface area (Å²) in [5.74, 6) is 0.0731. The van der Waals surface area contributed by atoms with E-state index in [1.807, 2.05) is 36.4 Å². The minimum atomic E-state index is -1.08. The predicted octanol–water partition coefficient (Wildman–Crippen LogP) is 3.70. The van der Waals surface area contributed by atoms with Crippen LogP contribution in [0.2, 0.25) is 0 Å². The number of carbonyl (C=O) groups excluding carboxylic acids is 1. The summed E-state index contributed by atoms with van der Waals surface area (Å²) in [5.41, 5.74) is 5.90. The first-order chi connectivity index (χ1) is 17.0. The molecule has 7 nitrogen and oxygen atoms in total. The zero-order valence-electron chi connectivity index (χ0n) is 19.0. The number of nitrogens with zero attached hydrogens (tertiary/aromatic N) is 2. The zero-order valence-corrected chi connectivity index (χ0v) is 19.0. The van der Waals surface area contributed by atoms with E-state index in [0.29, 0.717) is 17.7 Å². The molecule has 1 amide bonds. The van der Waals surface area contributed by atoms with Crippen molar-refractivity contribution in [2.45, 2.75) is 32.0 Å². The molecule has 4 N–H and O–H groups in total. The Bertz CT molecular complexity index is 1370. The summed E-state index contributed by atoms with van der Waals surface area (Å²) in [5, 5.41) is 33.1. The molecule has 1 heterocycles. The molecule has 1 aliphatic carbocycles. The minimum absolute atomic E-state index is 0.0320. The van der Waals surface area contributed by atoms with Crippen LogP contribution in [0.5, 0.6) is 5.75 Å². The van der Waals surface area contributed by atoms with Gasteiger partial charge in [-0.3, -0.25) is 4.79 Å². The van der Waals surface area contributed by atoms with E-state index in [2.05, 4.69) is 5.32 Å². The molecule has 0 fully saturated rings. The van der Waals surface area contributed by atoms with Crippen LogP contribution in [0.3, 0.4) is 0 Å². The van der Waals surface area contributed by atoms with Gasteiger partial charge < -0.3 is 20.6 Å². The molecule has 0 saturated heterocycles. The van der Waals surface area contributed by atoms with E-state index < -0.39 is 6.10 Å². The highest BCUT2D eigenvalue weighted by molar-refractivity contribution is 5.92. The third kappa shape index (κ3) is 4.77. The van der Waals surface area contributed by atoms with E-state index >= 15 is 0 Å². The fourth-order valence-corrected chi connectivity index (χ4v) is 4.36. The van der Waals surface area contributed by atoms with Gasteiger partial charge >= 0.3 is 0 Å². The van der Waals surface area contributed by atoms with Gasteiger partial charge in [-0.25, -0.2) is 9.97 Å². The lowest BCUT2D eigenvalue weighted by atomic mass is 9.90. The monoisotopic (exact) mass is 467 g/mol. The fourth-order valence-electron chi connectivity index (χ4n) is 4.36. The Morgan fingerprint density at radius 1 is 0.943 bits per heavy atom. The number of aromatic hydroxyl groups is 1. The number of anilines is 1. The van der Waals surface area contributed by atoms with Gasteiger partial charge in [0.1, 0.15) is 17.5 Å². The summed E-state index contributed by atoms with van der Waals surface area (Å²) < 4.78 is 0. The predicted molar refractivity (Wildman–Crippen MR) is 132 cm³/mol. The lowest BCUT2D eigenvalue weighted by Gasteiger charge is -2.23. The SMILES string of the molecule is O=C(Cc1ccc(O)cc1)Nc1nc2c(nc1C(O)c1ccccc1)-c1ccc(CO)cc1CC2. The third-order valence-corrected chi connectivity index (χ3v) is 6.17. The number of amides is 1. The van der Waals surface area contributed by atoms with Gasteiger partial charge in [0.15, 0.2) is 5.82 Å². The quantitative estimate of drug-likeness (QED) is 0.344. The Morgan fingerprint density at radius 2 is 1.69 bits per heavy atom. The van der Waals surface area contributed by atoms with E-state index in [1.54, 1.807) is 24.3 Å². The number of carbonyl (C=O) groups is 1. The molecule has 1 aliphatic rings. The molecule has 3 aromatic carbocycles. The first-order valence-corrected chi connectivity index (χ1v) is 11.5. The maximum atomic E-state index is 12.9. The normalized spacial score (nSPS) is 13.0. The van der Waals surface area contributed by atoms with Crippen molar-refractivity contribution in [1.29, 1.82) is 0 Å². The van der Waals surface area contributed by atoms with Crippen molar-refractivity contribution in [2.24, 2.45) is 0 Å². The highest BCUT2D eigenvalue weighted by Crippen LogP contribution is 2.36. The topological polar surface area (TPSA) is 116 Å². The molecule has 35 heavy (non-hydrogen) atoms. The highest BCUT2D eigenvalue weighted by atomic mass is 16.3. The number of rotatable bonds is 6. The summed E-state index contributed by atoms with van der Waals surface area (Å²) in [6.07, 6.45) is 0.381. The summed E-state index contributed by atoms with van der Waals surface area (Å²) in [7, 11) is 0. The highest BCUT2D eigenvalue weighted by Gasteiger charge is 2.26. The molecule has 0 bridgehead atoms. The average molecular weight is 468 g/mol. The second-order valence-electron chi connectivity index (χ2n) is 8.61. The van der Waals surface area contributed by atoms with Crippen LogP contribution in [0.4, 0.5) is 5.82 Å². The third-order valence-electron chi connectivity index (χ3n) is 6.17. The van der Waals surface area contributed by atoms with E-state index in [-0.39, 0.29) is 36.2 Å². The average Bonchev–Trinajstić information content (AvgIpc) is 2.89. The molecule has 0 saturated carbocycles. The fraction of sp³-hybridized carbons (Fsp3) is 0.179. The van der Waals surface area contributed by atoms with E-state index in [9.17, 15) is 20.1 Å². The van der Waals surface area contributed by atoms with Crippen molar-refractivity contribution in [2.75, 3.05) is 5.32 Å². The van der Waals surface area contributed by atoms with Crippen molar-refractivity contribution >= 4 is 11.7 Å². The summed E-state index contributed by atoms with van der Waals surface area (Å²) in [4.78, 5) is 22.5. The Morgan fingerprint density at radius 3 is 2.43 bits per heavy atom. The van der Waals surface area contributed by atoms with E-state index in [0.717, 1.165) is 34.4 Å². The Labute approximate surface area is 202 Å². The van der Waals surface area contributed by atoms with Gasteiger partial charge in [0, 0.05) is 5.56 Å². The van der Waals surface area contributed by atoms with Crippen LogP contribution in [0, 0.1) is 0 Å². The maximum absolute atomic E-state index is 12.9. The Hall–Kier alpha value is -4.07. The van der Waals surface area contributed by atoms with Crippen molar-refractivity contribution in [3.63, 3.8) is 0 Å². The molecule has 1 aromatic heterocycles. The standard InChI is InChI=1S/C28H25N3O4/c32-16-18-8-12-22-20(14-18)9-13-23-25(22)31-26(27(35)19-4-2-1-3-5-19)28(29-23)30-24(34)15-17-6-10-21(33)11-7-17/h1-8,10-12,14,27,32-33,35H,9,13,15-16H2,(H,29,30,34). The van der Waals surface area contributed by atoms with Crippen molar-refractivity contribution < 1.29 is 20.1 Å². The number of phenols is 1. The van der Waals surface area contributed by atoms with Gasteiger partial charge in [-0.15, -0.1) is 0 Å². The van der Waals surface area contributed by atoms with Gasteiger partial charge in [0.25, 0.3) is 0 Å². The Kier molecular flexibility index (Phi) is 6.27. The second kappa shape index (κ2) is 9.66. The molecule has 0 spiro atoms.